The van der Waals surface area contributed by atoms with Gasteiger partial charge in [0.1, 0.15) is 0 Å². The van der Waals surface area contributed by atoms with Crippen molar-refractivity contribution >= 4 is 12.4 Å². The van der Waals surface area contributed by atoms with Crippen LogP contribution in [0, 0.1) is 5.41 Å². The second kappa shape index (κ2) is 4.97. The van der Waals surface area contributed by atoms with Crippen LogP contribution in [0.5, 0.6) is 0 Å². The maximum atomic E-state index is 6.81. The Morgan fingerprint density at radius 3 is 2.67 bits per heavy atom. The Balaban J connectivity index is 4.06. The van der Waals surface area contributed by atoms with E-state index in [1.165, 1.54) is 6.21 Å². The van der Waals surface area contributed by atoms with E-state index >= 15 is 0 Å². The summed E-state index contributed by atoms with van der Waals surface area (Å²) in [6, 6.07) is 0. The molecule has 0 fully saturated rings. The zero-order chi connectivity index (χ0) is 7.11. The third-order valence-electron chi connectivity index (χ3n) is 0.818. The van der Waals surface area contributed by atoms with Crippen molar-refractivity contribution in [2.75, 3.05) is 7.05 Å². The topological polar surface area (TPSA) is 36.2 Å². The third kappa shape index (κ3) is 3.41. The van der Waals surface area contributed by atoms with Crippen molar-refractivity contribution in [3.63, 3.8) is 0 Å². The van der Waals surface area contributed by atoms with Crippen LogP contribution in [0.4, 0.5) is 0 Å². The van der Waals surface area contributed by atoms with Crippen LogP contribution >= 0.6 is 0 Å². The molecule has 0 aliphatic heterocycles. The molecule has 2 heteroatoms. The van der Waals surface area contributed by atoms with Crippen LogP contribution in [-0.2, 0) is 0 Å². The Morgan fingerprint density at radius 1 is 1.67 bits per heavy atom. The quantitative estimate of drug-likeness (QED) is 0.434. The molecule has 0 radical (unpaired) electrons. The summed E-state index contributed by atoms with van der Waals surface area (Å²) in [6.45, 7) is 3.50. The normalized spacial score (nSPS) is 11.9. The molecule has 0 bridgehead atoms. The first kappa shape index (κ1) is 7.82. The van der Waals surface area contributed by atoms with Gasteiger partial charge in [0.25, 0.3) is 0 Å². The van der Waals surface area contributed by atoms with E-state index in [0.717, 1.165) is 5.57 Å². The first-order chi connectivity index (χ1) is 4.35. The smallest absolute Gasteiger partial charge is 0.0277 e. The summed E-state index contributed by atoms with van der Waals surface area (Å²) in [4.78, 5) is 3.72. The van der Waals surface area contributed by atoms with Crippen molar-refractivity contribution in [3.8, 4) is 0 Å². The zero-order valence-electron chi connectivity index (χ0n) is 5.46. The lowest BCUT2D eigenvalue weighted by molar-refractivity contribution is 1.47. The number of nitrogens with zero attached hydrogens (tertiary/aromatic N) is 1. The van der Waals surface area contributed by atoms with Gasteiger partial charge < -0.3 is 5.41 Å². The first-order valence-corrected chi connectivity index (χ1v) is 2.60. The Hall–Kier alpha value is -1.18. The van der Waals surface area contributed by atoms with Crippen molar-refractivity contribution in [3.05, 3.63) is 24.3 Å². The fraction of sp³-hybridized carbons (Fsp3) is 0.143. The Bertz CT molecular complexity index is 144. The van der Waals surface area contributed by atoms with Crippen LogP contribution in [0.3, 0.4) is 0 Å². The highest BCUT2D eigenvalue weighted by Crippen LogP contribution is 1.86. The molecule has 0 spiro atoms. The minimum Gasteiger partial charge on any atom is -0.308 e. The number of hydrogen-bond acceptors (Lipinski definition) is 2. The van der Waals surface area contributed by atoms with Gasteiger partial charge in [0, 0.05) is 19.5 Å². The van der Waals surface area contributed by atoms with Gasteiger partial charge >= 0.3 is 0 Å². The average molecular weight is 122 g/mol. The van der Waals surface area contributed by atoms with Gasteiger partial charge in [-0.25, -0.2) is 0 Å². The van der Waals surface area contributed by atoms with Gasteiger partial charge in [-0.2, -0.15) is 0 Å². The van der Waals surface area contributed by atoms with Gasteiger partial charge in [0.15, 0.2) is 0 Å². The molecule has 0 saturated carbocycles. The summed E-state index contributed by atoms with van der Waals surface area (Å²) < 4.78 is 0. The SMILES string of the molecule is C=C/C(C=N)=C\C=NC. The number of rotatable bonds is 3. The van der Waals surface area contributed by atoms with E-state index in [-0.39, 0.29) is 0 Å². The van der Waals surface area contributed by atoms with Gasteiger partial charge in [-0.3, -0.25) is 4.99 Å². The number of nitrogens with one attached hydrogen (secondary N) is 1. The second-order valence-corrected chi connectivity index (χ2v) is 1.42. The molecule has 0 heterocycles. The highest BCUT2D eigenvalue weighted by Gasteiger charge is 1.77. The molecule has 0 atom stereocenters. The molecule has 9 heavy (non-hydrogen) atoms. The fourth-order valence-corrected chi connectivity index (χ4v) is 0.336. The minimum atomic E-state index is 0.764. The van der Waals surface area contributed by atoms with E-state index in [1.807, 2.05) is 0 Å². The molecule has 2 nitrogen and oxygen atoms in total. The lowest BCUT2D eigenvalue weighted by Crippen LogP contribution is -1.76. The van der Waals surface area contributed by atoms with E-state index < -0.39 is 0 Å². The van der Waals surface area contributed by atoms with Crippen LogP contribution in [0.2, 0.25) is 0 Å². The maximum absolute atomic E-state index is 6.81. The molecular weight excluding hydrogens is 112 g/mol. The van der Waals surface area contributed by atoms with Crippen molar-refractivity contribution < 1.29 is 0 Å². The molecule has 0 aromatic carbocycles. The molecular formula is C7H10N2. The van der Waals surface area contributed by atoms with E-state index in [9.17, 15) is 0 Å². The van der Waals surface area contributed by atoms with Crippen LogP contribution in [0.1, 0.15) is 0 Å². The average Bonchev–Trinajstić information content (AvgIpc) is 1.91. The largest absolute Gasteiger partial charge is 0.308 e. The summed E-state index contributed by atoms with van der Waals surface area (Å²) in [5.74, 6) is 0. The summed E-state index contributed by atoms with van der Waals surface area (Å²) in [7, 11) is 1.68. The standard InChI is InChI=1S/C7H10N2/c1-3-7(6-8)4-5-9-2/h3-6,8H,1H2,2H3/b7-4+,8-6?,9-5?. The van der Waals surface area contributed by atoms with Crippen molar-refractivity contribution in [1.29, 1.82) is 5.41 Å². The molecule has 48 valence electrons. The molecule has 0 aromatic heterocycles. The van der Waals surface area contributed by atoms with Crippen LogP contribution in [0.25, 0.3) is 0 Å². The summed E-state index contributed by atoms with van der Waals surface area (Å²) in [6.07, 6.45) is 6.19. The molecule has 0 unspecified atom stereocenters. The predicted octanol–water partition coefficient (Wildman–Crippen LogP) is 1.45. The lowest BCUT2D eigenvalue weighted by atomic mass is 10.3. The highest BCUT2D eigenvalue weighted by molar-refractivity contribution is 5.87. The highest BCUT2D eigenvalue weighted by atomic mass is 14.6. The molecule has 0 amide bonds. The zero-order valence-corrected chi connectivity index (χ0v) is 5.46. The van der Waals surface area contributed by atoms with Gasteiger partial charge in [0.05, 0.1) is 0 Å². The van der Waals surface area contributed by atoms with Crippen molar-refractivity contribution in [1.82, 2.24) is 0 Å². The molecule has 0 rings (SSSR count). The van der Waals surface area contributed by atoms with Crippen LogP contribution < -0.4 is 0 Å². The lowest BCUT2D eigenvalue weighted by Gasteiger charge is -1.82. The van der Waals surface area contributed by atoms with Crippen molar-refractivity contribution in [2.45, 2.75) is 0 Å². The van der Waals surface area contributed by atoms with E-state index in [0.29, 0.717) is 0 Å². The van der Waals surface area contributed by atoms with Crippen LogP contribution in [-0.4, -0.2) is 19.5 Å². The summed E-state index contributed by atoms with van der Waals surface area (Å²) in [5, 5.41) is 6.81. The summed E-state index contributed by atoms with van der Waals surface area (Å²) in [5.41, 5.74) is 0.764. The van der Waals surface area contributed by atoms with Crippen molar-refractivity contribution in [2.24, 2.45) is 4.99 Å². The Labute approximate surface area is 55.1 Å². The Morgan fingerprint density at radius 2 is 2.33 bits per heavy atom. The van der Waals surface area contributed by atoms with Gasteiger partial charge in [-0.15, -0.1) is 0 Å². The van der Waals surface area contributed by atoms with E-state index in [1.54, 1.807) is 25.4 Å². The third-order valence-corrected chi connectivity index (χ3v) is 0.818. The van der Waals surface area contributed by atoms with Gasteiger partial charge in [-0.05, 0) is 11.6 Å². The minimum absolute atomic E-state index is 0.764. The van der Waals surface area contributed by atoms with E-state index in [4.69, 9.17) is 5.41 Å². The summed E-state index contributed by atoms with van der Waals surface area (Å²) >= 11 is 0. The molecule has 1 N–H and O–H groups in total. The molecule has 0 aliphatic rings. The second-order valence-electron chi connectivity index (χ2n) is 1.42. The van der Waals surface area contributed by atoms with E-state index in [2.05, 4.69) is 11.6 Å². The first-order valence-electron chi connectivity index (χ1n) is 2.60. The Kier molecular flexibility index (Phi) is 4.32. The fourth-order valence-electron chi connectivity index (χ4n) is 0.336. The monoisotopic (exact) mass is 122 g/mol. The van der Waals surface area contributed by atoms with Crippen LogP contribution in [0.15, 0.2) is 29.3 Å². The predicted molar refractivity (Wildman–Crippen MR) is 41.5 cm³/mol. The number of aliphatic imine (C=N–C) groups is 1. The van der Waals surface area contributed by atoms with Gasteiger partial charge in [0.2, 0.25) is 0 Å². The molecule has 0 saturated heterocycles. The maximum Gasteiger partial charge on any atom is 0.0277 e. The number of allylic oxidation sites excluding steroid dienone is 3. The number of hydrogen-bond donors (Lipinski definition) is 1. The molecule has 0 aromatic rings. The molecule has 0 aliphatic carbocycles. The van der Waals surface area contributed by atoms with Gasteiger partial charge in [-0.1, -0.05) is 12.7 Å².